The minimum absolute atomic E-state index is 0.121. The Bertz CT molecular complexity index is 400. The molecule has 1 aromatic carbocycles. The maximum atomic E-state index is 10.5. The van der Waals surface area contributed by atoms with Gasteiger partial charge in [-0.3, -0.25) is 0 Å². The molecule has 0 aromatic heterocycles. The zero-order valence-electron chi connectivity index (χ0n) is 9.11. The summed E-state index contributed by atoms with van der Waals surface area (Å²) >= 11 is 5.76. The van der Waals surface area contributed by atoms with E-state index in [1.54, 1.807) is 12.1 Å². The number of aliphatic hydroxyl groups is 1. The Hall–Kier alpha value is -1.26. The Morgan fingerprint density at radius 3 is 2.93 bits per heavy atom. The molecular formula is C9H10ClNO3. The van der Waals surface area contributed by atoms with Gasteiger partial charge in [0.25, 0.3) is 0 Å². The molecule has 0 bridgehead atoms. The van der Waals surface area contributed by atoms with E-state index in [2.05, 4.69) is 10.5 Å². The van der Waals surface area contributed by atoms with Gasteiger partial charge in [0.2, 0.25) is 0 Å². The Labute approximate surface area is 89.0 Å². The number of hydrogen-bond acceptors (Lipinski definition) is 3. The average molecular weight is 220 g/mol. The fourth-order valence-electron chi connectivity index (χ4n) is 0.874. The van der Waals surface area contributed by atoms with Crippen LogP contribution in [-0.4, -0.2) is 17.8 Å². The third kappa shape index (κ3) is 2.90. The van der Waals surface area contributed by atoms with E-state index in [4.69, 9.17) is 14.3 Å². The van der Waals surface area contributed by atoms with E-state index in [0.29, 0.717) is 0 Å². The van der Waals surface area contributed by atoms with Crippen molar-refractivity contribution in [1.29, 1.82) is 0 Å². The van der Waals surface area contributed by atoms with E-state index in [-0.39, 0.29) is 10.6 Å². The highest BCUT2D eigenvalue weighted by molar-refractivity contribution is 6.31. The third-order valence-electron chi connectivity index (χ3n) is 1.47. The lowest BCUT2D eigenvalue weighted by Crippen LogP contribution is -2.17. The van der Waals surface area contributed by atoms with Gasteiger partial charge in [0.1, 0.15) is 12.7 Å². The van der Waals surface area contributed by atoms with Gasteiger partial charge in [-0.25, -0.2) is 4.79 Å². The first-order valence-corrected chi connectivity index (χ1v) is 4.13. The van der Waals surface area contributed by atoms with Crippen molar-refractivity contribution in [2.75, 3.05) is 6.56 Å². The molecule has 0 heterocycles. The van der Waals surface area contributed by atoms with E-state index in [0.717, 1.165) is 0 Å². The molecule has 0 aliphatic carbocycles. The second-order valence-electron chi connectivity index (χ2n) is 2.46. The molecule has 0 fully saturated rings. The molecule has 0 radical (unpaired) electrons. The van der Waals surface area contributed by atoms with Crippen molar-refractivity contribution < 1.29 is 17.4 Å². The molecule has 1 aromatic rings. The Balaban J connectivity index is 2.97. The highest BCUT2D eigenvalue weighted by Crippen LogP contribution is 2.22. The van der Waals surface area contributed by atoms with Gasteiger partial charge in [0, 0.05) is 10.6 Å². The predicted octanol–water partition coefficient (Wildman–Crippen LogP) is 1.47. The summed E-state index contributed by atoms with van der Waals surface area (Å²) in [5.74, 6) is 0. The zero-order valence-corrected chi connectivity index (χ0v) is 7.86. The molecule has 1 unspecified atom stereocenters. The zero-order chi connectivity index (χ0) is 12.3. The molecule has 1 amide bonds. The molecule has 76 valence electrons. The van der Waals surface area contributed by atoms with Gasteiger partial charge < -0.3 is 15.6 Å². The van der Waals surface area contributed by atoms with Crippen molar-refractivity contribution in [2.45, 2.75) is 6.10 Å². The van der Waals surface area contributed by atoms with Gasteiger partial charge in [-0.1, -0.05) is 29.8 Å². The molecule has 5 heteroatoms. The van der Waals surface area contributed by atoms with Crippen LogP contribution in [0.1, 0.15) is 14.4 Å². The number of nitrogens with two attached hydrogens (primary N) is 1. The molecule has 0 saturated heterocycles. The van der Waals surface area contributed by atoms with Gasteiger partial charge in [-0.05, 0) is 6.07 Å². The Kier molecular flexibility index (Phi) is 2.79. The summed E-state index contributed by atoms with van der Waals surface area (Å²) in [7, 11) is 0. The standard InChI is InChI=1S/C9H10ClNO3/c10-7-4-2-1-3-6(7)8(12)5-14-9(11)13/h1-4,8,12H,5H2,(H2,11,13)/i5D2,9+1,11+1. The van der Waals surface area contributed by atoms with Crippen molar-refractivity contribution in [3.63, 3.8) is 0 Å². The van der Waals surface area contributed by atoms with E-state index in [1.807, 2.05) is 0 Å². The van der Waals surface area contributed by atoms with Crippen LogP contribution < -0.4 is 5.73 Å². The minimum Gasteiger partial charge on any atom is -0.447 e. The van der Waals surface area contributed by atoms with E-state index >= 15 is 0 Å². The van der Waals surface area contributed by atoms with Crippen LogP contribution in [0.5, 0.6) is 0 Å². The first-order valence-electron chi connectivity index (χ1n) is 4.75. The highest BCUT2D eigenvalue weighted by Gasteiger charge is 2.12. The maximum Gasteiger partial charge on any atom is 0.404 e. The Morgan fingerprint density at radius 2 is 2.36 bits per heavy atom. The molecule has 0 saturated carbocycles. The topological polar surface area (TPSA) is 72.5 Å². The molecule has 3 N–H and O–H groups in total. The number of amides is 1. The van der Waals surface area contributed by atoms with Gasteiger partial charge in [0.05, 0.1) is 2.74 Å². The van der Waals surface area contributed by atoms with Gasteiger partial charge >= 0.3 is 6.09 Å². The van der Waals surface area contributed by atoms with Crippen molar-refractivity contribution in [2.24, 2.45) is 5.73 Å². The van der Waals surface area contributed by atoms with Crippen LogP contribution in [0.3, 0.4) is 0 Å². The molecule has 4 nitrogen and oxygen atoms in total. The van der Waals surface area contributed by atoms with Crippen molar-refractivity contribution in [3.8, 4) is 0 Å². The van der Waals surface area contributed by atoms with Crippen molar-refractivity contribution in [1.82, 2.24) is 0 Å². The maximum absolute atomic E-state index is 10.5. The second kappa shape index (κ2) is 4.83. The minimum atomic E-state index is -2.63. The highest BCUT2D eigenvalue weighted by atomic mass is 35.5. The summed E-state index contributed by atoms with van der Waals surface area (Å²) in [5.41, 5.74) is 4.81. The van der Waals surface area contributed by atoms with Crippen LogP contribution in [0.2, 0.25) is 5.02 Å². The molecule has 0 aliphatic heterocycles. The summed E-state index contributed by atoms with van der Waals surface area (Å²) in [6.45, 7) is -2.63. The summed E-state index contributed by atoms with van der Waals surface area (Å²) in [6, 6.07) is 6.11. The van der Waals surface area contributed by atoms with Crippen molar-refractivity contribution >= 4 is 17.7 Å². The van der Waals surface area contributed by atoms with Gasteiger partial charge in [0.15, 0.2) is 0 Å². The van der Waals surface area contributed by atoms with Crippen LogP contribution in [0.25, 0.3) is 0 Å². The molecule has 1 atom stereocenters. The van der Waals surface area contributed by atoms with Gasteiger partial charge in [-0.2, -0.15) is 0 Å². The number of carbonyl (C=O) groups is 1. The number of aliphatic hydroxyl groups excluding tert-OH is 1. The number of carbonyl (C=O) groups excluding carboxylic acids is 1. The lowest BCUT2D eigenvalue weighted by Gasteiger charge is -2.11. The summed E-state index contributed by atoms with van der Waals surface area (Å²) in [4.78, 5) is 10.5. The second-order valence-corrected chi connectivity index (χ2v) is 2.87. The summed E-state index contributed by atoms with van der Waals surface area (Å²) in [5, 5.41) is 9.86. The smallest absolute Gasteiger partial charge is 0.404 e. The van der Waals surface area contributed by atoms with Crippen LogP contribution >= 0.6 is 11.6 Å². The van der Waals surface area contributed by atoms with Gasteiger partial charge in [-0.15, -0.1) is 0 Å². The number of halogens is 1. The number of rotatable bonds is 3. The molecular weight excluding hydrogens is 208 g/mol. The molecule has 0 spiro atoms. The molecule has 14 heavy (non-hydrogen) atoms. The van der Waals surface area contributed by atoms with Crippen LogP contribution in [0.15, 0.2) is 24.3 Å². The summed E-state index contributed by atoms with van der Waals surface area (Å²) < 4.78 is 18.8. The van der Waals surface area contributed by atoms with E-state index in [1.165, 1.54) is 12.1 Å². The SMILES string of the molecule is [2H]C([2H])(O[13C]([15NH2])=O)C(O)c1ccccc1Cl. The number of hydrogen-bond donors (Lipinski definition) is 2. The van der Waals surface area contributed by atoms with Crippen LogP contribution in [-0.2, 0) is 4.74 Å². The first-order chi connectivity index (χ1) is 7.34. The third-order valence-corrected chi connectivity index (χ3v) is 1.82. The normalized spacial score (nSPS) is 15.3. The lowest BCUT2D eigenvalue weighted by molar-refractivity contribution is 0.0729. The fourth-order valence-corrected chi connectivity index (χ4v) is 1.11. The largest absolute Gasteiger partial charge is 0.447 e. The van der Waals surface area contributed by atoms with E-state index < -0.39 is 18.8 Å². The first kappa shape index (κ1) is 8.08. The van der Waals surface area contributed by atoms with E-state index in [9.17, 15) is 9.90 Å². The van der Waals surface area contributed by atoms with Crippen LogP contribution in [0, 0.1) is 0 Å². The lowest BCUT2D eigenvalue weighted by atomic mass is 10.1. The number of primary amides is 1. The van der Waals surface area contributed by atoms with Crippen molar-refractivity contribution in [3.05, 3.63) is 34.9 Å². The van der Waals surface area contributed by atoms with Crippen LogP contribution in [0.4, 0.5) is 4.79 Å². The summed E-state index contributed by atoms with van der Waals surface area (Å²) in [6.07, 6.45) is -3.01. The monoisotopic (exact) mass is 219 g/mol. The molecule has 0 aliphatic rings. The Morgan fingerprint density at radius 1 is 1.71 bits per heavy atom. The number of ether oxygens (including phenoxy) is 1. The number of benzene rings is 1. The fraction of sp³-hybridized carbons (Fsp3) is 0.222. The predicted molar refractivity (Wildman–Crippen MR) is 51.9 cm³/mol. The molecule has 1 rings (SSSR count). The average Bonchev–Trinajstić information content (AvgIpc) is 2.15. The quantitative estimate of drug-likeness (QED) is 0.597.